The van der Waals surface area contributed by atoms with Gasteiger partial charge in [0.05, 0.1) is 0 Å². The Morgan fingerprint density at radius 1 is 1.05 bits per heavy atom. The predicted octanol–water partition coefficient (Wildman–Crippen LogP) is 2.36. The molecule has 0 unspecified atom stereocenters. The lowest BCUT2D eigenvalue weighted by molar-refractivity contribution is -0.274. The molecule has 0 saturated carbocycles. The standard InChI is InChI=1S/C22H30F3N3O7S.ClH/c23-22(24,25)35-18-6-4-17(5-7-18)19(29)3-1-2-10-27-11-13-28(14-12-27)36(32,33)21(20(30)26-31)8-15-34-16-9-21;/h4-7,31H,1-3,8-16H2,(H,26,30);1H. The molecule has 2 aliphatic rings. The van der Waals surface area contributed by atoms with Gasteiger partial charge in [0.25, 0.3) is 5.91 Å². The summed E-state index contributed by atoms with van der Waals surface area (Å²) in [6.07, 6.45) is -3.38. The summed E-state index contributed by atoms with van der Waals surface area (Å²) in [6, 6.07) is 4.79. The van der Waals surface area contributed by atoms with E-state index in [1.165, 1.54) is 21.9 Å². The fourth-order valence-electron chi connectivity index (χ4n) is 4.45. The lowest BCUT2D eigenvalue weighted by atomic mass is 9.98. The van der Waals surface area contributed by atoms with E-state index in [0.29, 0.717) is 38.0 Å². The van der Waals surface area contributed by atoms with E-state index >= 15 is 0 Å². The van der Waals surface area contributed by atoms with Gasteiger partial charge < -0.3 is 14.4 Å². The zero-order chi connectivity index (χ0) is 26.4. The SMILES string of the molecule is Cl.O=C(CCCCN1CCN(S(=O)(=O)C2(C(=O)NO)CCOCC2)CC1)c1ccc(OC(F)(F)F)cc1. The molecule has 10 nitrogen and oxygen atoms in total. The number of hydrogen-bond donors (Lipinski definition) is 2. The minimum absolute atomic E-state index is 0. The van der Waals surface area contributed by atoms with Crippen molar-refractivity contribution >= 4 is 34.1 Å². The number of ketones is 1. The van der Waals surface area contributed by atoms with Crippen LogP contribution in [0.3, 0.4) is 0 Å². The van der Waals surface area contributed by atoms with Gasteiger partial charge in [-0.15, -0.1) is 25.6 Å². The molecule has 3 rings (SSSR count). The van der Waals surface area contributed by atoms with Crippen LogP contribution in [0.15, 0.2) is 24.3 Å². The van der Waals surface area contributed by atoms with E-state index in [1.54, 1.807) is 0 Å². The highest BCUT2D eigenvalue weighted by Gasteiger charge is 2.54. The Hall–Kier alpha value is -1.97. The number of nitrogens with zero attached hydrogens (tertiary/aromatic N) is 2. The molecule has 0 atom stereocenters. The van der Waals surface area contributed by atoms with E-state index in [1.807, 2.05) is 0 Å². The van der Waals surface area contributed by atoms with E-state index < -0.39 is 27.0 Å². The highest BCUT2D eigenvalue weighted by Crippen LogP contribution is 2.33. The first kappa shape index (κ1) is 31.2. The van der Waals surface area contributed by atoms with Crippen LogP contribution < -0.4 is 10.2 Å². The topological polar surface area (TPSA) is 125 Å². The number of amides is 1. The molecule has 0 aromatic heterocycles. The molecule has 0 radical (unpaired) electrons. The number of sulfonamides is 1. The van der Waals surface area contributed by atoms with Crippen LogP contribution in [0.25, 0.3) is 0 Å². The number of carbonyl (C=O) groups is 2. The van der Waals surface area contributed by atoms with Crippen molar-refractivity contribution in [1.29, 1.82) is 0 Å². The number of unbranched alkanes of at least 4 members (excludes halogenated alkanes) is 1. The maximum atomic E-state index is 13.3. The van der Waals surface area contributed by atoms with Gasteiger partial charge in [-0.05, 0) is 43.7 Å². The van der Waals surface area contributed by atoms with Crippen molar-refractivity contribution in [3.8, 4) is 5.75 Å². The summed E-state index contributed by atoms with van der Waals surface area (Å²) in [5.74, 6) is -1.52. The molecule has 1 aromatic carbocycles. The van der Waals surface area contributed by atoms with Crippen molar-refractivity contribution in [3.05, 3.63) is 29.8 Å². The lowest BCUT2D eigenvalue weighted by Gasteiger charge is -2.41. The molecular formula is C22H31ClF3N3O7S. The zero-order valence-electron chi connectivity index (χ0n) is 20.0. The number of ether oxygens (including phenoxy) is 2. The molecule has 1 amide bonds. The number of halogens is 4. The molecule has 2 saturated heterocycles. The van der Waals surface area contributed by atoms with Crippen LogP contribution in [0.1, 0.15) is 42.5 Å². The van der Waals surface area contributed by atoms with Gasteiger partial charge in [0, 0.05) is 64.2 Å². The molecule has 0 spiro atoms. The third-order valence-corrected chi connectivity index (χ3v) is 9.15. The van der Waals surface area contributed by atoms with Crippen LogP contribution in [0.2, 0.25) is 0 Å². The Labute approximate surface area is 219 Å². The Morgan fingerprint density at radius 3 is 2.19 bits per heavy atom. The van der Waals surface area contributed by atoms with Crippen LogP contribution in [0.5, 0.6) is 5.75 Å². The van der Waals surface area contributed by atoms with Crippen molar-refractivity contribution in [1.82, 2.24) is 14.7 Å². The summed E-state index contributed by atoms with van der Waals surface area (Å²) < 4.78 is 71.9. The van der Waals surface area contributed by atoms with Gasteiger partial charge in [-0.2, -0.15) is 4.31 Å². The first-order valence-corrected chi connectivity index (χ1v) is 13.1. The monoisotopic (exact) mass is 573 g/mol. The van der Waals surface area contributed by atoms with Crippen molar-refractivity contribution in [3.63, 3.8) is 0 Å². The van der Waals surface area contributed by atoms with E-state index in [4.69, 9.17) is 9.94 Å². The number of rotatable bonds is 10. The molecule has 2 N–H and O–H groups in total. The van der Waals surface area contributed by atoms with Gasteiger partial charge in [0.15, 0.2) is 10.5 Å². The molecule has 2 fully saturated rings. The van der Waals surface area contributed by atoms with Gasteiger partial charge in [-0.3, -0.25) is 14.8 Å². The van der Waals surface area contributed by atoms with Crippen molar-refractivity contribution in [2.45, 2.75) is 43.2 Å². The quantitative estimate of drug-likeness (QED) is 0.189. The predicted molar refractivity (Wildman–Crippen MR) is 128 cm³/mol. The number of hydrogen-bond acceptors (Lipinski definition) is 8. The van der Waals surface area contributed by atoms with Gasteiger partial charge in [-0.1, -0.05) is 0 Å². The highest BCUT2D eigenvalue weighted by molar-refractivity contribution is 7.91. The zero-order valence-corrected chi connectivity index (χ0v) is 21.7. The van der Waals surface area contributed by atoms with E-state index in [2.05, 4.69) is 9.64 Å². The third kappa shape index (κ3) is 7.77. The first-order valence-electron chi connectivity index (χ1n) is 11.6. The second-order valence-corrected chi connectivity index (χ2v) is 11.0. The minimum atomic E-state index is -4.79. The molecule has 1 aromatic rings. The molecular weight excluding hydrogens is 543 g/mol. The van der Waals surface area contributed by atoms with Crippen LogP contribution >= 0.6 is 12.4 Å². The molecule has 37 heavy (non-hydrogen) atoms. The van der Waals surface area contributed by atoms with Gasteiger partial charge in [0.1, 0.15) is 5.75 Å². The van der Waals surface area contributed by atoms with E-state index in [9.17, 15) is 31.2 Å². The van der Waals surface area contributed by atoms with Crippen LogP contribution in [-0.4, -0.2) is 91.6 Å². The molecule has 0 bridgehead atoms. The van der Waals surface area contributed by atoms with Crippen LogP contribution in [0.4, 0.5) is 13.2 Å². The van der Waals surface area contributed by atoms with Crippen LogP contribution in [-0.2, 0) is 19.6 Å². The Kier molecular flexibility index (Phi) is 11.1. The number of Topliss-reactive ketones (excluding diaryl/α,β-unsaturated/α-hetero) is 1. The smallest absolute Gasteiger partial charge is 0.406 e. The summed E-state index contributed by atoms with van der Waals surface area (Å²) in [5, 5.41) is 9.14. The number of alkyl halides is 3. The van der Waals surface area contributed by atoms with Crippen molar-refractivity contribution in [2.24, 2.45) is 0 Å². The third-order valence-electron chi connectivity index (χ3n) is 6.52. The molecule has 0 aliphatic carbocycles. The highest BCUT2D eigenvalue weighted by atomic mass is 35.5. The number of hydroxylamine groups is 1. The number of carbonyl (C=O) groups excluding carboxylic acids is 2. The molecule has 2 aliphatic heterocycles. The number of piperazine rings is 1. The second kappa shape index (κ2) is 13.2. The lowest BCUT2D eigenvalue weighted by Crippen LogP contribution is -2.62. The summed E-state index contributed by atoms with van der Waals surface area (Å²) >= 11 is 0. The first-order chi connectivity index (χ1) is 17.0. The maximum Gasteiger partial charge on any atom is 0.573 e. The summed E-state index contributed by atoms with van der Waals surface area (Å²) in [4.78, 5) is 26.7. The average Bonchev–Trinajstić information content (AvgIpc) is 2.86. The Bertz CT molecular complexity index is 1010. The van der Waals surface area contributed by atoms with Crippen molar-refractivity contribution < 1.29 is 45.9 Å². The number of nitrogens with one attached hydrogen (secondary N) is 1. The average molecular weight is 574 g/mol. The second-order valence-electron chi connectivity index (χ2n) is 8.75. The number of benzene rings is 1. The van der Waals surface area contributed by atoms with Gasteiger partial charge >= 0.3 is 6.36 Å². The maximum absolute atomic E-state index is 13.3. The molecule has 210 valence electrons. The van der Waals surface area contributed by atoms with Gasteiger partial charge in [-0.25, -0.2) is 13.9 Å². The molecule has 15 heteroatoms. The van der Waals surface area contributed by atoms with Gasteiger partial charge in [0.2, 0.25) is 10.0 Å². The largest absolute Gasteiger partial charge is 0.573 e. The fraction of sp³-hybridized carbons (Fsp3) is 0.636. The van der Waals surface area contributed by atoms with E-state index in [-0.39, 0.29) is 69.5 Å². The summed E-state index contributed by atoms with van der Waals surface area (Å²) in [6.45, 7) is 2.19. The van der Waals surface area contributed by atoms with E-state index in [0.717, 1.165) is 12.1 Å². The van der Waals surface area contributed by atoms with Crippen LogP contribution in [0, 0.1) is 0 Å². The minimum Gasteiger partial charge on any atom is -0.406 e. The Morgan fingerprint density at radius 2 is 1.65 bits per heavy atom. The summed E-state index contributed by atoms with van der Waals surface area (Å²) in [7, 11) is -4.02. The Balaban J connectivity index is 0.00000481. The fourth-order valence-corrected chi connectivity index (χ4v) is 6.55. The van der Waals surface area contributed by atoms with Crippen molar-refractivity contribution in [2.75, 3.05) is 45.9 Å². The summed E-state index contributed by atoms with van der Waals surface area (Å²) in [5.41, 5.74) is 1.81. The molecule has 2 heterocycles. The normalized spacial score (nSPS) is 19.0.